The number of alkyl halides is 4. The summed E-state index contributed by atoms with van der Waals surface area (Å²) in [5.41, 5.74) is -1.21. The average Bonchev–Trinajstić information content (AvgIpc) is 3.51. The van der Waals surface area contributed by atoms with E-state index in [4.69, 9.17) is 11.6 Å². The van der Waals surface area contributed by atoms with Gasteiger partial charge in [-0.25, -0.2) is 19.2 Å². The van der Waals surface area contributed by atoms with Gasteiger partial charge >= 0.3 is 12.1 Å². The average molecular weight is 418 g/mol. The quantitative estimate of drug-likeness (QED) is 0.533. The molecular weight excluding hydrogens is 402 g/mol. The zero-order valence-electron chi connectivity index (χ0n) is 14.7. The van der Waals surface area contributed by atoms with Gasteiger partial charge in [-0.3, -0.25) is 0 Å². The minimum absolute atomic E-state index is 0.0357. The molecule has 0 radical (unpaired) electrons. The molecule has 1 aliphatic carbocycles. The van der Waals surface area contributed by atoms with Crippen LogP contribution in [0.3, 0.4) is 0 Å². The van der Waals surface area contributed by atoms with Gasteiger partial charge < -0.3 is 10.1 Å². The third-order valence-corrected chi connectivity index (χ3v) is 4.57. The van der Waals surface area contributed by atoms with Gasteiger partial charge in [0.05, 0.1) is 19.2 Å². The molecule has 1 aliphatic rings. The third kappa shape index (κ3) is 4.52. The van der Waals surface area contributed by atoms with Crippen LogP contribution in [0.4, 0.5) is 23.4 Å². The number of halogens is 5. The summed E-state index contributed by atoms with van der Waals surface area (Å²) in [6, 6.07) is 4.03. The Morgan fingerprint density at radius 1 is 1.36 bits per heavy atom. The summed E-state index contributed by atoms with van der Waals surface area (Å²) in [4.78, 5) is 20.2. The zero-order chi connectivity index (χ0) is 20.5. The van der Waals surface area contributed by atoms with Crippen LogP contribution >= 0.6 is 11.6 Å². The summed E-state index contributed by atoms with van der Waals surface area (Å²) >= 11 is 6.13. The number of carbonyl (C=O) groups excluding carboxylic acids is 1. The summed E-state index contributed by atoms with van der Waals surface area (Å²) in [5, 5.41) is 2.53. The molecule has 0 amide bonds. The van der Waals surface area contributed by atoms with E-state index in [0.717, 1.165) is 31.0 Å². The summed E-state index contributed by atoms with van der Waals surface area (Å²) < 4.78 is 57.5. The SMILES string of the molecule is COC(=O)c1nc(C2CC2)nc(NCC(F)c2cccc(C(F)(F)F)c2)c1Cl. The van der Waals surface area contributed by atoms with Gasteiger partial charge in [0, 0.05) is 5.92 Å². The number of anilines is 1. The molecule has 5 nitrogen and oxygen atoms in total. The minimum atomic E-state index is -4.56. The Balaban J connectivity index is 1.80. The molecule has 1 aromatic carbocycles. The fourth-order valence-electron chi connectivity index (χ4n) is 2.55. The van der Waals surface area contributed by atoms with Gasteiger partial charge in [-0.2, -0.15) is 13.2 Å². The van der Waals surface area contributed by atoms with Gasteiger partial charge in [0.1, 0.15) is 22.8 Å². The van der Waals surface area contributed by atoms with Crippen LogP contribution in [-0.4, -0.2) is 29.6 Å². The summed E-state index contributed by atoms with van der Waals surface area (Å²) in [7, 11) is 1.18. The molecule has 1 fully saturated rings. The lowest BCUT2D eigenvalue weighted by atomic mass is 10.1. The zero-order valence-corrected chi connectivity index (χ0v) is 15.4. The van der Waals surface area contributed by atoms with Crippen LogP contribution in [0, 0.1) is 0 Å². The van der Waals surface area contributed by atoms with Crippen LogP contribution in [0.1, 0.15) is 52.4 Å². The van der Waals surface area contributed by atoms with E-state index >= 15 is 0 Å². The second-order valence-electron chi connectivity index (χ2n) is 6.33. The number of hydrogen-bond acceptors (Lipinski definition) is 5. The van der Waals surface area contributed by atoms with E-state index in [9.17, 15) is 22.4 Å². The first-order chi connectivity index (χ1) is 13.2. The maximum atomic E-state index is 14.5. The molecule has 1 aromatic heterocycles. The molecule has 0 aliphatic heterocycles. The first kappa shape index (κ1) is 20.3. The van der Waals surface area contributed by atoms with Crippen molar-refractivity contribution in [2.45, 2.75) is 31.1 Å². The van der Waals surface area contributed by atoms with E-state index in [1.807, 2.05) is 0 Å². The number of carbonyl (C=O) groups is 1. The Bertz CT molecular complexity index is 888. The first-order valence-electron chi connectivity index (χ1n) is 8.41. The smallest absolute Gasteiger partial charge is 0.416 e. The molecule has 1 atom stereocenters. The van der Waals surface area contributed by atoms with Crippen molar-refractivity contribution in [3.63, 3.8) is 0 Å². The van der Waals surface area contributed by atoms with Crippen LogP contribution in [0.5, 0.6) is 0 Å². The van der Waals surface area contributed by atoms with Crippen molar-refractivity contribution in [1.29, 1.82) is 0 Å². The number of benzene rings is 1. The lowest BCUT2D eigenvalue weighted by Crippen LogP contribution is -2.15. The van der Waals surface area contributed by atoms with Gasteiger partial charge in [0.25, 0.3) is 0 Å². The topological polar surface area (TPSA) is 64.1 Å². The molecule has 10 heteroatoms. The van der Waals surface area contributed by atoms with Crippen molar-refractivity contribution in [2.24, 2.45) is 0 Å². The largest absolute Gasteiger partial charge is 0.464 e. The molecule has 0 bridgehead atoms. The van der Waals surface area contributed by atoms with E-state index in [1.165, 1.54) is 13.2 Å². The molecule has 1 saturated carbocycles. The summed E-state index contributed by atoms with van der Waals surface area (Å²) in [6.07, 6.45) is -4.59. The molecule has 0 saturated heterocycles. The number of methoxy groups -OCH3 is 1. The highest BCUT2D eigenvalue weighted by Crippen LogP contribution is 2.40. The van der Waals surface area contributed by atoms with Crippen molar-refractivity contribution in [3.8, 4) is 0 Å². The van der Waals surface area contributed by atoms with Crippen LogP contribution < -0.4 is 5.32 Å². The highest BCUT2D eigenvalue weighted by Gasteiger charge is 2.32. The normalized spacial score (nSPS) is 15.2. The highest BCUT2D eigenvalue weighted by molar-refractivity contribution is 6.35. The third-order valence-electron chi connectivity index (χ3n) is 4.21. The van der Waals surface area contributed by atoms with Gasteiger partial charge in [-0.15, -0.1) is 0 Å². The second kappa shape index (κ2) is 7.90. The fraction of sp³-hybridized carbons (Fsp3) is 0.389. The van der Waals surface area contributed by atoms with Crippen molar-refractivity contribution >= 4 is 23.4 Å². The lowest BCUT2D eigenvalue weighted by Gasteiger charge is -2.15. The summed E-state index contributed by atoms with van der Waals surface area (Å²) in [6.45, 7) is -0.386. The van der Waals surface area contributed by atoms with E-state index in [2.05, 4.69) is 20.0 Å². The monoisotopic (exact) mass is 417 g/mol. The van der Waals surface area contributed by atoms with E-state index < -0.39 is 23.9 Å². The molecule has 2 aromatic rings. The van der Waals surface area contributed by atoms with Crippen LogP contribution in [-0.2, 0) is 10.9 Å². The molecular formula is C18H16ClF4N3O2. The van der Waals surface area contributed by atoms with E-state index in [0.29, 0.717) is 5.82 Å². The fourth-order valence-corrected chi connectivity index (χ4v) is 2.78. The number of nitrogens with one attached hydrogen (secondary N) is 1. The van der Waals surface area contributed by atoms with Gasteiger partial charge in [-0.1, -0.05) is 23.7 Å². The van der Waals surface area contributed by atoms with Crippen LogP contribution in [0.15, 0.2) is 24.3 Å². The van der Waals surface area contributed by atoms with E-state index in [-0.39, 0.29) is 34.6 Å². The Kier molecular flexibility index (Phi) is 5.74. The van der Waals surface area contributed by atoms with Crippen molar-refractivity contribution in [2.75, 3.05) is 19.0 Å². The molecule has 28 heavy (non-hydrogen) atoms. The molecule has 3 rings (SSSR count). The Morgan fingerprint density at radius 3 is 2.68 bits per heavy atom. The van der Waals surface area contributed by atoms with Crippen molar-refractivity contribution < 1.29 is 27.1 Å². The number of nitrogens with zero attached hydrogens (tertiary/aromatic N) is 2. The van der Waals surface area contributed by atoms with Gasteiger partial charge in [0.2, 0.25) is 0 Å². The van der Waals surface area contributed by atoms with E-state index in [1.54, 1.807) is 0 Å². The van der Waals surface area contributed by atoms with Gasteiger partial charge in [0.15, 0.2) is 5.69 Å². The Labute approximate surface area is 163 Å². The number of hydrogen-bond donors (Lipinski definition) is 1. The summed E-state index contributed by atoms with van der Waals surface area (Å²) in [5.74, 6) is -0.242. The Hall–Kier alpha value is -2.42. The molecule has 1 heterocycles. The van der Waals surface area contributed by atoms with Crippen molar-refractivity contribution in [1.82, 2.24) is 9.97 Å². The van der Waals surface area contributed by atoms with Crippen molar-refractivity contribution in [3.05, 3.63) is 51.9 Å². The second-order valence-corrected chi connectivity index (χ2v) is 6.71. The standard InChI is InChI=1S/C18H16ClF4N3O2/c1-28-17(27)14-13(19)16(26-15(25-14)9-5-6-9)24-8-12(20)10-3-2-4-11(7-10)18(21,22)23/h2-4,7,9,12H,5-6,8H2,1H3,(H,24,25,26). The predicted molar refractivity (Wildman–Crippen MR) is 94.1 cm³/mol. The van der Waals surface area contributed by atoms with Crippen LogP contribution in [0.25, 0.3) is 0 Å². The molecule has 1 unspecified atom stereocenters. The Morgan fingerprint density at radius 2 is 2.07 bits per heavy atom. The maximum Gasteiger partial charge on any atom is 0.416 e. The highest BCUT2D eigenvalue weighted by atomic mass is 35.5. The lowest BCUT2D eigenvalue weighted by molar-refractivity contribution is -0.137. The number of esters is 1. The maximum absolute atomic E-state index is 14.5. The predicted octanol–water partition coefficient (Wildman–Crippen LogP) is 4.94. The number of rotatable bonds is 6. The van der Waals surface area contributed by atoms with Crippen LogP contribution in [0.2, 0.25) is 5.02 Å². The number of aromatic nitrogens is 2. The molecule has 0 spiro atoms. The number of ether oxygens (including phenoxy) is 1. The minimum Gasteiger partial charge on any atom is -0.464 e. The first-order valence-corrected chi connectivity index (χ1v) is 8.79. The molecule has 150 valence electrons. The molecule has 1 N–H and O–H groups in total. The van der Waals surface area contributed by atoms with Gasteiger partial charge in [-0.05, 0) is 30.5 Å².